The van der Waals surface area contributed by atoms with Crippen molar-refractivity contribution in [3.8, 4) is 0 Å². The number of rotatable bonds is 6. The smallest absolute Gasteiger partial charge is 0.241 e. The lowest BCUT2D eigenvalue weighted by molar-refractivity contribution is -0.132. The van der Waals surface area contributed by atoms with Crippen LogP contribution < -0.4 is 10.6 Å². The van der Waals surface area contributed by atoms with Gasteiger partial charge >= 0.3 is 0 Å². The number of fused-ring (bicyclic) bond motifs is 1. The van der Waals surface area contributed by atoms with Crippen LogP contribution in [0.4, 0.5) is 0 Å². The summed E-state index contributed by atoms with van der Waals surface area (Å²) in [6.07, 6.45) is 1.31. The highest BCUT2D eigenvalue weighted by Crippen LogP contribution is 2.19. The third-order valence-electron chi connectivity index (χ3n) is 4.80. The Bertz CT molecular complexity index is 754. The molecule has 1 saturated heterocycles. The zero-order chi connectivity index (χ0) is 17.6. The van der Waals surface area contributed by atoms with Gasteiger partial charge in [-0.1, -0.05) is 42.5 Å². The van der Waals surface area contributed by atoms with Crippen LogP contribution in [0.15, 0.2) is 42.5 Å². The van der Waals surface area contributed by atoms with Crippen molar-refractivity contribution in [3.05, 3.63) is 48.0 Å². The lowest BCUT2D eigenvalue weighted by Gasteiger charge is -2.17. The Morgan fingerprint density at radius 3 is 2.80 bits per heavy atom. The fourth-order valence-corrected chi connectivity index (χ4v) is 3.48. The van der Waals surface area contributed by atoms with E-state index in [1.165, 1.54) is 0 Å². The fourth-order valence-electron chi connectivity index (χ4n) is 3.48. The molecule has 1 atom stereocenters. The summed E-state index contributed by atoms with van der Waals surface area (Å²) in [7, 11) is 1.93. The Hall–Kier alpha value is -2.40. The van der Waals surface area contributed by atoms with Gasteiger partial charge in [-0.3, -0.25) is 9.59 Å². The van der Waals surface area contributed by atoms with Crippen molar-refractivity contribution in [1.29, 1.82) is 0 Å². The maximum atomic E-state index is 12.3. The minimum atomic E-state index is -0.115. The highest BCUT2D eigenvalue weighted by molar-refractivity contribution is 5.91. The van der Waals surface area contributed by atoms with Gasteiger partial charge in [0.25, 0.3) is 0 Å². The summed E-state index contributed by atoms with van der Waals surface area (Å²) in [6, 6.07) is 14.0. The predicted molar refractivity (Wildman–Crippen MR) is 99.3 cm³/mol. The molecule has 1 unspecified atom stereocenters. The van der Waals surface area contributed by atoms with E-state index in [1.807, 2.05) is 54.4 Å². The van der Waals surface area contributed by atoms with Crippen LogP contribution in [0.5, 0.6) is 0 Å². The highest BCUT2D eigenvalue weighted by atomic mass is 16.2. The van der Waals surface area contributed by atoms with Crippen LogP contribution in [0.2, 0.25) is 0 Å². The van der Waals surface area contributed by atoms with Crippen LogP contribution in [0.1, 0.15) is 12.0 Å². The maximum absolute atomic E-state index is 12.3. The Kier molecular flexibility index (Phi) is 5.66. The number of nitrogens with one attached hydrogen (secondary N) is 2. The lowest BCUT2D eigenvalue weighted by atomic mass is 10.0. The Morgan fingerprint density at radius 1 is 1.16 bits per heavy atom. The van der Waals surface area contributed by atoms with Gasteiger partial charge < -0.3 is 15.5 Å². The normalized spacial score (nSPS) is 17.0. The molecule has 132 valence electrons. The van der Waals surface area contributed by atoms with Crippen LogP contribution in [0.3, 0.4) is 0 Å². The van der Waals surface area contributed by atoms with Crippen LogP contribution >= 0.6 is 0 Å². The molecule has 0 saturated carbocycles. The van der Waals surface area contributed by atoms with Crippen molar-refractivity contribution in [2.75, 3.05) is 33.2 Å². The molecular formula is C20H25N3O2. The molecule has 0 radical (unpaired) electrons. The molecule has 1 heterocycles. The first kappa shape index (κ1) is 17.4. The second-order valence-corrected chi connectivity index (χ2v) is 6.64. The predicted octanol–water partition coefficient (Wildman–Crippen LogP) is 1.57. The summed E-state index contributed by atoms with van der Waals surface area (Å²) < 4.78 is 0. The largest absolute Gasteiger partial charge is 0.347 e. The van der Waals surface area contributed by atoms with Crippen LogP contribution in [-0.2, 0) is 16.0 Å². The zero-order valence-electron chi connectivity index (χ0n) is 14.6. The van der Waals surface area contributed by atoms with E-state index in [0.29, 0.717) is 5.92 Å². The summed E-state index contributed by atoms with van der Waals surface area (Å²) in [5.41, 5.74) is 0.985. The average molecular weight is 339 g/mol. The molecule has 25 heavy (non-hydrogen) atoms. The first-order chi connectivity index (χ1) is 12.2. The van der Waals surface area contributed by atoms with Gasteiger partial charge in [0.05, 0.1) is 13.0 Å². The lowest BCUT2D eigenvalue weighted by Crippen LogP contribution is -2.39. The molecule has 2 aromatic carbocycles. The number of benzene rings is 2. The van der Waals surface area contributed by atoms with Crippen LogP contribution in [-0.4, -0.2) is 49.9 Å². The molecular weight excluding hydrogens is 314 g/mol. The molecule has 3 rings (SSSR count). The molecule has 2 aromatic rings. The Labute approximate surface area is 148 Å². The minimum Gasteiger partial charge on any atom is -0.347 e. The second kappa shape index (κ2) is 8.12. The topological polar surface area (TPSA) is 61.4 Å². The van der Waals surface area contributed by atoms with E-state index in [4.69, 9.17) is 0 Å². The molecule has 5 heteroatoms. The molecule has 2 amide bonds. The molecule has 0 spiro atoms. The van der Waals surface area contributed by atoms with E-state index >= 15 is 0 Å². The van der Waals surface area contributed by atoms with Crippen LogP contribution in [0.25, 0.3) is 10.8 Å². The molecule has 2 N–H and O–H groups in total. The quantitative estimate of drug-likeness (QED) is 0.840. The number of likely N-dealkylation sites (tertiary alicyclic amines) is 1. The second-order valence-electron chi connectivity index (χ2n) is 6.64. The van der Waals surface area contributed by atoms with Gasteiger partial charge in [0.2, 0.25) is 11.8 Å². The van der Waals surface area contributed by atoms with Gasteiger partial charge in [0.1, 0.15) is 0 Å². The maximum Gasteiger partial charge on any atom is 0.241 e. The van der Waals surface area contributed by atoms with Crippen molar-refractivity contribution in [2.24, 2.45) is 5.92 Å². The van der Waals surface area contributed by atoms with E-state index in [1.54, 1.807) is 0 Å². The van der Waals surface area contributed by atoms with Gasteiger partial charge in [-0.05, 0) is 42.3 Å². The van der Waals surface area contributed by atoms with E-state index in [2.05, 4.69) is 10.6 Å². The standard InChI is InChI=1S/C20H25N3O2/c1-21-12-15-9-10-23(14-15)20(25)13-22-19(24)11-17-7-4-6-16-5-2-3-8-18(16)17/h2-8,15,21H,9-14H2,1H3,(H,22,24). The van der Waals surface area contributed by atoms with E-state index in [0.717, 1.165) is 42.4 Å². The number of carbonyl (C=O) groups excluding carboxylic acids is 2. The summed E-state index contributed by atoms with van der Waals surface area (Å²) in [5.74, 6) is 0.404. The van der Waals surface area contributed by atoms with Gasteiger partial charge in [-0.15, -0.1) is 0 Å². The summed E-state index contributed by atoms with van der Waals surface area (Å²) >= 11 is 0. The molecule has 1 aliphatic heterocycles. The number of carbonyl (C=O) groups is 2. The monoisotopic (exact) mass is 339 g/mol. The van der Waals surface area contributed by atoms with Crippen molar-refractivity contribution in [1.82, 2.24) is 15.5 Å². The van der Waals surface area contributed by atoms with E-state index in [9.17, 15) is 9.59 Å². The van der Waals surface area contributed by atoms with Crippen molar-refractivity contribution in [2.45, 2.75) is 12.8 Å². The Morgan fingerprint density at radius 2 is 1.96 bits per heavy atom. The third kappa shape index (κ3) is 4.37. The molecule has 0 bridgehead atoms. The Balaban J connectivity index is 1.52. The summed E-state index contributed by atoms with van der Waals surface area (Å²) in [4.78, 5) is 26.4. The first-order valence-corrected chi connectivity index (χ1v) is 8.83. The van der Waals surface area contributed by atoms with E-state index < -0.39 is 0 Å². The van der Waals surface area contributed by atoms with Gasteiger partial charge in [0, 0.05) is 13.1 Å². The number of nitrogens with zero attached hydrogens (tertiary/aromatic N) is 1. The van der Waals surface area contributed by atoms with Gasteiger partial charge in [-0.25, -0.2) is 0 Å². The van der Waals surface area contributed by atoms with Crippen molar-refractivity contribution >= 4 is 22.6 Å². The minimum absolute atomic E-state index is 0.00451. The molecule has 0 aliphatic carbocycles. The van der Waals surface area contributed by atoms with Crippen molar-refractivity contribution in [3.63, 3.8) is 0 Å². The molecule has 0 aromatic heterocycles. The van der Waals surface area contributed by atoms with E-state index in [-0.39, 0.29) is 24.8 Å². The fraction of sp³-hybridized carbons (Fsp3) is 0.400. The highest BCUT2D eigenvalue weighted by Gasteiger charge is 2.25. The molecule has 1 fully saturated rings. The first-order valence-electron chi connectivity index (χ1n) is 8.83. The summed E-state index contributed by atoms with van der Waals surface area (Å²) in [6.45, 7) is 2.57. The van der Waals surface area contributed by atoms with Crippen LogP contribution in [0, 0.1) is 5.92 Å². The average Bonchev–Trinajstić information content (AvgIpc) is 3.09. The SMILES string of the molecule is CNCC1CCN(C(=O)CNC(=O)Cc2cccc3ccccc23)C1. The zero-order valence-corrected chi connectivity index (χ0v) is 14.6. The van der Waals surface area contributed by atoms with Gasteiger partial charge in [-0.2, -0.15) is 0 Å². The number of hydrogen-bond acceptors (Lipinski definition) is 3. The third-order valence-corrected chi connectivity index (χ3v) is 4.80. The number of hydrogen-bond donors (Lipinski definition) is 2. The van der Waals surface area contributed by atoms with Gasteiger partial charge in [0.15, 0.2) is 0 Å². The molecule has 1 aliphatic rings. The summed E-state index contributed by atoms with van der Waals surface area (Å²) in [5, 5.41) is 8.13. The molecule has 5 nitrogen and oxygen atoms in total. The van der Waals surface area contributed by atoms with Crippen molar-refractivity contribution < 1.29 is 9.59 Å². The number of amides is 2.